The Hall–Kier alpha value is -1.66. The highest BCUT2D eigenvalue weighted by Gasteiger charge is 2.24. The number of aromatic hydroxyl groups is 1. The van der Waals surface area contributed by atoms with Crippen molar-refractivity contribution < 1.29 is 10.0 Å². The molecule has 0 aromatic heterocycles. The summed E-state index contributed by atoms with van der Waals surface area (Å²) in [6.45, 7) is 5.89. The Kier molecular flexibility index (Phi) is 4.92. The van der Waals surface area contributed by atoms with Crippen LogP contribution in [0.15, 0.2) is 18.2 Å². The van der Waals surface area contributed by atoms with Crippen LogP contribution in [-0.4, -0.2) is 41.1 Å². The fourth-order valence-corrected chi connectivity index (χ4v) is 2.72. The summed E-state index contributed by atoms with van der Waals surface area (Å²) in [6, 6.07) is 4.92. The van der Waals surface area contributed by atoms with E-state index in [4.69, 9.17) is 0 Å². The lowest BCUT2D eigenvalue weighted by Crippen LogP contribution is -2.45. The van der Waals surface area contributed by atoms with Crippen LogP contribution in [0.25, 0.3) is 0 Å². The summed E-state index contributed by atoms with van der Waals surface area (Å²) in [4.78, 5) is 12.8. The molecule has 1 aliphatic heterocycles. The van der Waals surface area contributed by atoms with Gasteiger partial charge in [0.15, 0.2) is 5.75 Å². The van der Waals surface area contributed by atoms with Crippen molar-refractivity contribution in [2.45, 2.75) is 25.8 Å². The minimum Gasteiger partial charge on any atom is -0.502 e. The monoisotopic (exact) mass is 279 g/mol. The molecule has 0 aliphatic carbocycles. The normalized spacial score (nSPS) is 17.9. The van der Waals surface area contributed by atoms with Crippen molar-refractivity contribution in [1.82, 2.24) is 10.2 Å². The first kappa shape index (κ1) is 14.7. The van der Waals surface area contributed by atoms with Crippen LogP contribution in [0.2, 0.25) is 0 Å². The van der Waals surface area contributed by atoms with E-state index in [1.54, 1.807) is 6.07 Å². The van der Waals surface area contributed by atoms with Gasteiger partial charge in [0.2, 0.25) is 0 Å². The van der Waals surface area contributed by atoms with Gasteiger partial charge in [-0.2, -0.15) is 0 Å². The van der Waals surface area contributed by atoms with Crippen LogP contribution in [-0.2, 0) is 0 Å². The van der Waals surface area contributed by atoms with E-state index in [0.29, 0.717) is 0 Å². The minimum absolute atomic E-state index is 0.182. The molecule has 2 N–H and O–H groups in total. The van der Waals surface area contributed by atoms with Gasteiger partial charge in [0.05, 0.1) is 4.92 Å². The summed E-state index contributed by atoms with van der Waals surface area (Å²) in [5.74, 6) is -0.269. The summed E-state index contributed by atoms with van der Waals surface area (Å²) in [5, 5.41) is 23.8. The number of nitro groups is 1. The number of phenolic OH excluding ortho intramolecular Hbond substituents is 1. The minimum atomic E-state index is -0.528. The molecule has 1 saturated heterocycles. The number of hydrogen-bond donors (Lipinski definition) is 2. The van der Waals surface area contributed by atoms with Crippen molar-refractivity contribution >= 4 is 5.69 Å². The largest absolute Gasteiger partial charge is 0.502 e. The van der Waals surface area contributed by atoms with E-state index in [2.05, 4.69) is 17.1 Å². The van der Waals surface area contributed by atoms with Crippen molar-refractivity contribution in [3.05, 3.63) is 33.9 Å². The predicted octanol–water partition coefficient (Wildman–Crippen LogP) is 2.05. The number of nitrogens with one attached hydrogen (secondary N) is 1. The summed E-state index contributed by atoms with van der Waals surface area (Å²) >= 11 is 0. The van der Waals surface area contributed by atoms with Crippen molar-refractivity contribution in [2.24, 2.45) is 0 Å². The first-order valence-corrected chi connectivity index (χ1v) is 7.05. The van der Waals surface area contributed by atoms with Crippen LogP contribution in [0.3, 0.4) is 0 Å². The highest BCUT2D eigenvalue weighted by atomic mass is 16.6. The Morgan fingerprint density at radius 2 is 2.15 bits per heavy atom. The fourth-order valence-electron chi connectivity index (χ4n) is 2.72. The first-order valence-electron chi connectivity index (χ1n) is 7.05. The third kappa shape index (κ3) is 3.26. The quantitative estimate of drug-likeness (QED) is 0.637. The topological polar surface area (TPSA) is 78.6 Å². The van der Waals surface area contributed by atoms with Crippen molar-refractivity contribution in [1.29, 1.82) is 0 Å². The molecule has 1 fully saturated rings. The molecule has 1 aromatic carbocycles. The molecule has 0 spiro atoms. The third-order valence-corrected chi connectivity index (χ3v) is 3.74. The number of benzene rings is 1. The zero-order valence-electron chi connectivity index (χ0n) is 11.7. The Morgan fingerprint density at radius 1 is 1.45 bits per heavy atom. The summed E-state index contributed by atoms with van der Waals surface area (Å²) in [5.41, 5.74) is 0.706. The van der Waals surface area contributed by atoms with Crippen LogP contribution in [0.1, 0.15) is 31.4 Å². The van der Waals surface area contributed by atoms with Crippen LogP contribution in [0, 0.1) is 10.1 Å². The average Bonchev–Trinajstić information content (AvgIpc) is 2.46. The second-order valence-corrected chi connectivity index (χ2v) is 5.10. The molecule has 110 valence electrons. The number of phenols is 1. The Bertz CT molecular complexity index is 473. The third-order valence-electron chi connectivity index (χ3n) is 3.74. The molecule has 0 amide bonds. The molecule has 0 saturated carbocycles. The zero-order chi connectivity index (χ0) is 14.5. The smallest absolute Gasteiger partial charge is 0.311 e. The maximum atomic E-state index is 11.0. The molecular formula is C14H21N3O3. The molecule has 1 aromatic rings. The van der Waals surface area contributed by atoms with Crippen LogP contribution in [0.5, 0.6) is 5.75 Å². The van der Waals surface area contributed by atoms with E-state index in [9.17, 15) is 15.2 Å². The van der Waals surface area contributed by atoms with Gasteiger partial charge >= 0.3 is 5.69 Å². The highest BCUT2D eigenvalue weighted by molar-refractivity contribution is 5.48. The van der Waals surface area contributed by atoms with Gasteiger partial charge in [-0.3, -0.25) is 15.0 Å². The summed E-state index contributed by atoms with van der Waals surface area (Å²) in [6.07, 6.45) is 1.98. The first-order chi connectivity index (χ1) is 9.63. The van der Waals surface area contributed by atoms with Gasteiger partial charge in [-0.15, -0.1) is 0 Å². The fraction of sp³-hybridized carbons (Fsp3) is 0.571. The Labute approximate surface area is 118 Å². The van der Waals surface area contributed by atoms with E-state index < -0.39 is 4.92 Å². The lowest BCUT2D eigenvalue weighted by Gasteiger charge is -2.35. The van der Waals surface area contributed by atoms with E-state index in [1.807, 2.05) is 0 Å². The maximum absolute atomic E-state index is 11.0. The van der Waals surface area contributed by atoms with Gasteiger partial charge in [0, 0.05) is 38.3 Å². The van der Waals surface area contributed by atoms with Gasteiger partial charge in [0.25, 0.3) is 0 Å². The molecular weight excluding hydrogens is 258 g/mol. The molecule has 1 atom stereocenters. The summed E-state index contributed by atoms with van der Waals surface area (Å²) in [7, 11) is 0. The van der Waals surface area contributed by atoms with Crippen molar-refractivity contribution in [2.75, 3.05) is 26.2 Å². The second-order valence-electron chi connectivity index (χ2n) is 5.10. The zero-order valence-corrected chi connectivity index (χ0v) is 11.7. The summed E-state index contributed by atoms with van der Waals surface area (Å²) < 4.78 is 0. The van der Waals surface area contributed by atoms with E-state index in [-0.39, 0.29) is 17.5 Å². The molecule has 0 radical (unpaired) electrons. The standard InChI is InChI=1S/C14H21N3O3/c1-2-3-12(16-8-6-15-7-9-16)11-4-5-14(18)13(10-11)17(19)20/h4-5,10,12,15,18H,2-3,6-9H2,1H3/t12-/m1/s1. The van der Waals surface area contributed by atoms with Crippen molar-refractivity contribution in [3.8, 4) is 5.75 Å². The van der Waals surface area contributed by atoms with Crippen LogP contribution >= 0.6 is 0 Å². The number of piperazine rings is 1. The Morgan fingerprint density at radius 3 is 2.75 bits per heavy atom. The lowest BCUT2D eigenvalue weighted by atomic mass is 9.99. The van der Waals surface area contributed by atoms with Gasteiger partial charge in [-0.25, -0.2) is 0 Å². The van der Waals surface area contributed by atoms with E-state index in [0.717, 1.165) is 44.6 Å². The number of nitrogens with zero attached hydrogens (tertiary/aromatic N) is 2. The maximum Gasteiger partial charge on any atom is 0.311 e. The van der Waals surface area contributed by atoms with Gasteiger partial charge in [-0.05, 0) is 18.1 Å². The molecule has 2 rings (SSSR count). The van der Waals surface area contributed by atoms with Gasteiger partial charge < -0.3 is 10.4 Å². The Balaban J connectivity index is 2.28. The molecule has 20 heavy (non-hydrogen) atoms. The van der Waals surface area contributed by atoms with Gasteiger partial charge in [-0.1, -0.05) is 19.4 Å². The number of hydrogen-bond acceptors (Lipinski definition) is 5. The molecule has 6 heteroatoms. The highest BCUT2D eigenvalue weighted by Crippen LogP contribution is 2.33. The number of rotatable bonds is 5. The average molecular weight is 279 g/mol. The van der Waals surface area contributed by atoms with Gasteiger partial charge in [0.1, 0.15) is 0 Å². The molecule has 1 aliphatic rings. The molecule has 0 bridgehead atoms. The van der Waals surface area contributed by atoms with Crippen LogP contribution < -0.4 is 5.32 Å². The molecule has 6 nitrogen and oxygen atoms in total. The predicted molar refractivity (Wildman–Crippen MR) is 76.9 cm³/mol. The SMILES string of the molecule is CCC[C@H](c1ccc(O)c([N+](=O)[O-])c1)N1CCNCC1. The number of nitro benzene ring substituents is 1. The van der Waals surface area contributed by atoms with E-state index >= 15 is 0 Å². The lowest BCUT2D eigenvalue weighted by molar-refractivity contribution is -0.386. The molecule has 1 heterocycles. The van der Waals surface area contributed by atoms with E-state index in [1.165, 1.54) is 12.1 Å². The van der Waals surface area contributed by atoms with Crippen molar-refractivity contribution in [3.63, 3.8) is 0 Å². The molecule has 0 unspecified atom stereocenters. The second kappa shape index (κ2) is 6.67. The van der Waals surface area contributed by atoms with Crippen LogP contribution in [0.4, 0.5) is 5.69 Å².